The van der Waals surface area contributed by atoms with E-state index in [-0.39, 0.29) is 17.6 Å². The van der Waals surface area contributed by atoms with E-state index in [4.69, 9.17) is 0 Å². The maximum absolute atomic E-state index is 12.7. The Kier molecular flexibility index (Phi) is 4.36. The summed E-state index contributed by atoms with van der Waals surface area (Å²) in [4.78, 5) is 25.4. The molecule has 1 atom stereocenters. The molecule has 1 aromatic heterocycles. The van der Waals surface area contributed by atoms with Crippen molar-refractivity contribution in [3.8, 4) is 0 Å². The second kappa shape index (κ2) is 6.04. The van der Waals surface area contributed by atoms with Crippen LogP contribution in [0.2, 0.25) is 0 Å². The van der Waals surface area contributed by atoms with E-state index in [1.54, 1.807) is 24.3 Å². The highest BCUT2D eigenvalue weighted by molar-refractivity contribution is 6.10. The third-order valence-corrected chi connectivity index (χ3v) is 3.49. The maximum Gasteiger partial charge on any atom is 0.258 e. The molecule has 0 radical (unpaired) electrons. The van der Waals surface area contributed by atoms with E-state index < -0.39 is 5.92 Å². The van der Waals surface area contributed by atoms with Crippen LogP contribution in [-0.4, -0.2) is 21.5 Å². The molecule has 110 valence electrons. The minimum Gasteiger partial charge on any atom is -0.293 e. The zero-order valence-corrected chi connectivity index (χ0v) is 12.8. The van der Waals surface area contributed by atoms with Crippen molar-refractivity contribution in [1.29, 1.82) is 0 Å². The van der Waals surface area contributed by atoms with Crippen LogP contribution in [0.15, 0.2) is 36.4 Å². The highest BCUT2D eigenvalue weighted by Crippen LogP contribution is 2.20. The summed E-state index contributed by atoms with van der Waals surface area (Å²) in [6.07, 6.45) is 0. The van der Waals surface area contributed by atoms with Crippen molar-refractivity contribution in [2.24, 2.45) is 11.8 Å². The number of Topliss-reactive ketones (excluding diaryl/α,β-unsaturated/α-hetero) is 1. The fourth-order valence-electron chi connectivity index (χ4n) is 2.47. The number of hydrogen-bond acceptors (Lipinski definition) is 3. The second-order valence-electron chi connectivity index (χ2n) is 5.63. The molecular formula is C17H20N2O2. The molecule has 0 aliphatic rings. The molecule has 0 saturated heterocycles. The first-order chi connectivity index (χ1) is 9.91. The predicted molar refractivity (Wildman–Crippen MR) is 81.4 cm³/mol. The van der Waals surface area contributed by atoms with Crippen LogP contribution in [-0.2, 0) is 0 Å². The third-order valence-electron chi connectivity index (χ3n) is 3.49. The van der Waals surface area contributed by atoms with Crippen LogP contribution in [0.25, 0.3) is 0 Å². The summed E-state index contributed by atoms with van der Waals surface area (Å²) in [5.41, 5.74) is 2.09. The van der Waals surface area contributed by atoms with Crippen LogP contribution >= 0.6 is 0 Å². The lowest BCUT2D eigenvalue weighted by Crippen LogP contribution is -2.34. The van der Waals surface area contributed by atoms with E-state index in [9.17, 15) is 9.59 Å². The standard InChI is InChI=1S/C17H20N2O2/c1-11(2)15(16(20)14-8-6-5-7-9-14)17(21)19-13(4)10-12(3)18-19/h5-11,15H,1-4H3/t15-/m1/s1. The van der Waals surface area contributed by atoms with E-state index in [2.05, 4.69) is 5.10 Å². The van der Waals surface area contributed by atoms with E-state index in [1.165, 1.54) is 4.68 Å². The van der Waals surface area contributed by atoms with Crippen LogP contribution in [0.5, 0.6) is 0 Å². The van der Waals surface area contributed by atoms with Crippen molar-refractivity contribution in [3.63, 3.8) is 0 Å². The first kappa shape index (κ1) is 15.2. The van der Waals surface area contributed by atoms with Gasteiger partial charge < -0.3 is 0 Å². The summed E-state index contributed by atoms with van der Waals surface area (Å²) >= 11 is 0. The smallest absolute Gasteiger partial charge is 0.258 e. The molecule has 0 aliphatic carbocycles. The molecule has 1 heterocycles. The fourth-order valence-corrected chi connectivity index (χ4v) is 2.47. The summed E-state index contributed by atoms with van der Waals surface area (Å²) in [5, 5.41) is 4.20. The molecule has 1 aromatic carbocycles. The van der Waals surface area contributed by atoms with Gasteiger partial charge in [-0.25, -0.2) is 4.68 Å². The van der Waals surface area contributed by atoms with Gasteiger partial charge in [0.25, 0.3) is 5.91 Å². The average molecular weight is 284 g/mol. The SMILES string of the molecule is Cc1cc(C)n(C(=O)[C@@H](C(=O)c2ccccc2)C(C)C)n1. The molecule has 4 heteroatoms. The number of carbonyl (C=O) groups excluding carboxylic acids is 2. The molecule has 0 aliphatic heterocycles. The molecule has 0 spiro atoms. The monoisotopic (exact) mass is 284 g/mol. The molecule has 2 rings (SSSR count). The summed E-state index contributed by atoms with van der Waals surface area (Å²) in [5.74, 6) is -1.22. The molecule has 0 bridgehead atoms. The number of aromatic nitrogens is 2. The first-order valence-electron chi connectivity index (χ1n) is 7.08. The Bertz CT molecular complexity index is 657. The minimum absolute atomic E-state index is 0.0888. The molecule has 4 nitrogen and oxygen atoms in total. The number of carbonyl (C=O) groups is 2. The van der Waals surface area contributed by atoms with Crippen LogP contribution in [0.1, 0.15) is 40.4 Å². The normalized spacial score (nSPS) is 12.4. The van der Waals surface area contributed by atoms with E-state index >= 15 is 0 Å². The Hall–Kier alpha value is -2.23. The quantitative estimate of drug-likeness (QED) is 0.639. The summed E-state index contributed by atoms with van der Waals surface area (Å²) in [6, 6.07) is 10.8. The summed E-state index contributed by atoms with van der Waals surface area (Å²) in [6.45, 7) is 7.42. The maximum atomic E-state index is 12.7. The zero-order chi connectivity index (χ0) is 15.6. The Balaban J connectivity index is 2.38. The summed E-state index contributed by atoms with van der Waals surface area (Å²) in [7, 11) is 0. The fraction of sp³-hybridized carbons (Fsp3) is 0.353. The Morgan fingerprint density at radius 3 is 2.19 bits per heavy atom. The molecule has 0 unspecified atom stereocenters. The van der Waals surface area contributed by atoms with Gasteiger partial charge in [-0.3, -0.25) is 9.59 Å². The van der Waals surface area contributed by atoms with Gasteiger partial charge in [-0.1, -0.05) is 44.2 Å². The lowest BCUT2D eigenvalue weighted by Gasteiger charge is -2.19. The van der Waals surface area contributed by atoms with Gasteiger partial charge in [-0.15, -0.1) is 0 Å². The van der Waals surface area contributed by atoms with Crippen molar-refractivity contribution < 1.29 is 9.59 Å². The highest BCUT2D eigenvalue weighted by atomic mass is 16.2. The number of hydrogen-bond donors (Lipinski definition) is 0. The zero-order valence-electron chi connectivity index (χ0n) is 12.8. The van der Waals surface area contributed by atoms with E-state index in [0.717, 1.165) is 11.4 Å². The number of benzene rings is 1. The van der Waals surface area contributed by atoms with Crippen LogP contribution in [0.3, 0.4) is 0 Å². The second-order valence-corrected chi connectivity index (χ2v) is 5.63. The molecule has 0 amide bonds. The first-order valence-corrected chi connectivity index (χ1v) is 7.08. The summed E-state index contributed by atoms with van der Waals surface area (Å²) < 4.78 is 1.35. The van der Waals surface area contributed by atoms with Crippen LogP contribution in [0, 0.1) is 25.7 Å². The van der Waals surface area contributed by atoms with Gasteiger partial charge in [0.15, 0.2) is 5.78 Å². The van der Waals surface area contributed by atoms with Crippen LogP contribution in [0.4, 0.5) is 0 Å². The predicted octanol–water partition coefficient (Wildman–Crippen LogP) is 3.30. The van der Waals surface area contributed by atoms with Crippen molar-refractivity contribution in [2.75, 3.05) is 0 Å². The third kappa shape index (κ3) is 3.10. The van der Waals surface area contributed by atoms with E-state index in [0.29, 0.717) is 5.56 Å². The van der Waals surface area contributed by atoms with Gasteiger partial charge in [0, 0.05) is 11.3 Å². The van der Waals surface area contributed by atoms with E-state index in [1.807, 2.05) is 39.8 Å². The Morgan fingerprint density at radius 1 is 1.10 bits per heavy atom. The average Bonchev–Trinajstić information content (AvgIpc) is 2.78. The largest absolute Gasteiger partial charge is 0.293 e. The molecule has 21 heavy (non-hydrogen) atoms. The lowest BCUT2D eigenvalue weighted by molar-refractivity contribution is 0.0696. The number of ketones is 1. The van der Waals surface area contributed by atoms with Gasteiger partial charge in [0.2, 0.25) is 0 Å². The lowest BCUT2D eigenvalue weighted by atomic mass is 9.87. The number of rotatable bonds is 4. The van der Waals surface area contributed by atoms with Crippen molar-refractivity contribution in [1.82, 2.24) is 9.78 Å². The Morgan fingerprint density at radius 2 is 1.71 bits per heavy atom. The van der Waals surface area contributed by atoms with Gasteiger partial charge in [-0.05, 0) is 25.8 Å². The highest BCUT2D eigenvalue weighted by Gasteiger charge is 2.32. The molecule has 2 aromatic rings. The molecule has 0 saturated carbocycles. The Labute approximate surface area is 124 Å². The molecule has 0 N–H and O–H groups in total. The van der Waals surface area contributed by atoms with Crippen molar-refractivity contribution in [2.45, 2.75) is 27.7 Å². The number of aryl methyl sites for hydroxylation is 2. The number of nitrogens with zero attached hydrogens (tertiary/aromatic N) is 2. The molecule has 0 fully saturated rings. The van der Waals surface area contributed by atoms with Gasteiger partial charge in [0.05, 0.1) is 5.69 Å². The van der Waals surface area contributed by atoms with Crippen molar-refractivity contribution >= 4 is 11.7 Å². The van der Waals surface area contributed by atoms with Crippen molar-refractivity contribution in [3.05, 3.63) is 53.3 Å². The molecular weight excluding hydrogens is 264 g/mol. The van der Waals surface area contributed by atoms with Crippen LogP contribution < -0.4 is 0 Å². The topological polar surface area (TPSA) is 52.0 Å². The van der Waals surface area contributed by atoms with Gasteiger partial charge in [-0.2, -0.15) is 5.10 Å². The minimum atomic E-state index is -0.717. The van der Waals surface area contributed by atoms with Gasteiger partial charge in [0.1, 0.15) is 5.92 Å². The van der Waals surface area contributed by atoms with Gasteiger partial charge >= 0.3 is 0 Å².